The van der Waals surface area contributed by atoms with Crippen LogP contribution in [0.4, 0.5) is 0 Å². The van der Waals surface area contributed by atoms with Gasteiger partial charge in [-0.25, -0.2) is 0 Å². The summed E-state index contributed by atoms with van der Waals surface area (Å²) in [4.78, 5) is 11.3. The SMILES string of the molecule is CC(=O)/C(C)=C/CC/C(C)=C/Cc1c(O)c(Cl)c(C)c(C=C2CCCC2)c1O. The molecule has 4 heteroatoms. The Morgan fingerprint density at radius 3 is 2.32 bits per heavy atom. The first-order valence-electron chi connectivity index (χ1n) is 9.98. The van der Waals surface area contributed by atoms with Crippen molar-refractivity contribution in [2.24, 2.45) is 0 Å². The van der Waals surface area contributed by atoms with Gasteiger partial charge in [0, 0.05) is 11.1 Å². The van der Waals surface area contributed by atoms with E-state index >= 15 is 0 Å². The Kier molecular flexibility index (Phi) is 7.94. The first kappa shape index (κ1) is 22.3. The Balaban J connectivity index is 2.23. The first-order chi connectivity index (χ1) is 13.2. The Bertz CT molecular complexity index is 836. The van der Waals surface area contributed by atoms with Crippen molar-refractivity contribution in [3.8, 4) is 11.5 Å². The molecule has 152 valence electrons. The zero-order valence-electron chi connectivity index (χ0n) is 17.4. The number of hydrogen-bond donors (Lipinski definition) is 2. The number of carbonyl (C=O) groups is 1. The van der Waals surface area contributed by atoms with Gasteiger partial charge in [0.05, 0.1) is 5.02 Å². The van der Waals surface area contributed by atoms with Crippen molar-refractivity contribution >= 4 is 23.5 Å². The van der Waals surface area contributed by atoms with Crippen molar-refractivity contribution in [1.82, 2.24) is 0 Å². The van der Waals surface area contributed by atoms with E-state index in [1.165, 1.54) is 18.4 Å². The molecule has 0 amide bonds. The smallest absolute Gasteiger partial charge is 0.155 e. The summed E-state index contributed by atoms with van der Waals surface area (Å²) in [5, 5.41) is 21.6. The third-order valence-corrected chi connectivity index (χ3v) is 6.02. The zero-order chi connectivity index (χ0) is 20.8. The third-order valence-electron chi connectivity index (χ3n) is 5.56. The average molecular weight is 403 g/mol. The Hall–Kier alpha value is -2.00. The van der Waals surface area contributed by atoms with E-state index in [1.54, 1.807) is 6.92 Å². The van der Waals surface area contributed by atoms with Gasteiger partial charge in [0.15, 0.2) is 5.78 Å². The van der Waals surface area contributed by atoms with Crippen LogP contribution >= 0.6 is 11.6 Å². The van der Waals surface area contributed by atoms with Crippen LogP contribution < -0.4 is 0 Å². The maximum Gasteiger partial charge on any atom is 0.155 e. The number of carbonyl (C=O) groups excluding carboxylic acids is 1. The number of Topliss-reactive ketones (excluding diaryl/α,β-unsaturated/α-hetero) is 1. The zero-order valence-corrected chi connectivity index (χ0v) is 18.1. The Labute approximate surface area is 173 Å². The Morgan fingerprint density at radius 2 is 1.71 bits per heavy atom. The lowest BCUT2D eigenvalue weighted by Gasteiger charge is -2.15. The molecule has 1 aliphatic rings. The first-order valence-corrected chi connectivity index (χ1v) is 10.4. The molecule has 0 bridgehead atoms. The van der Waals surface area contributed by atoms with Gasteiger partial charge in [0.2, 0.25) is 0 Å². The summed E-state index contributed by atoms with van der Waals surface area (Å²) >= 11 is 6.36. The van der Waals surface area contributed by atoms with Gasteiger partial charge < -0.3 is 10.2 Å². The molecule has 0 spiro atoms. The monoisotopic (exact) mass is 402 g/mol. The minimum absolute atomic E-state index is 0.0402. The summed E-state index contributed by atoms with van der Waals surface area (Å²) in [5.74, 6) is 0.173. The normalized spacial score (nSPS) is 15.2. The number of phenolic OH excluding ortho intramolecular Hbond substituents is 2. The molecule has 28 heavy (non-hydrogen) atoms. The molecule has 0 heterocycles. The number of ketones is 1. The minimum Gasteiger partial charge on any atom is -0.507 e. The average Bonchev–Trinajstić information content (AvgIpc) is 3.16. The van der Waals surface area contributed by atoms with Gasteiger partial charge >= 0.3 is 0 Å². The van der Waals surface area contributed by atoms with Crippen LogP contribution in [-0.2, 0) is 11.2 Å². The fourth-order valence-corrected chi connectivity index (χ4v) is 3.68. The molecule has 2 N–H and O–H groups in total. The van der Waals surface area contributed by atoms with Crippen molar-refractivity contribution in [2.45, 2.75) is 72.6 Å². The highest BCUT2D eigenvalue weighted by Gasteiger charge is 2.19. The predicted molar refractivity (Wildman–Crippen MR) is 117 cm³/mol. The van der Waals surface area contributed by atoms with Gasteiger partial charge in [0.1, 0.15) is 11.5 Å². The van der Waals surface area contributed by atoms with Crippen LogP contribution in [0, 0.1) is 6.92 Å². The van der Waals surface area contributed by atoms with Crippen LogP contribution in [0.15, 0.2) is 28.9 Å². The van der Waals surface area contributed by atoms with Crippen LogP contribution in [0.5, 0.6) is 11.5 Å². The molecule has 3 nitrogen and oxygen atoms in total. The summed E-state index contributed by atoms with van der Waals surface area (Å²) in [6, 6.07) is 0. The molecule has 2 rings (SSSR count). The lowest BCUT2D eigenvalue weighted by Crippen LogP contribution is -1.95. The van der Waals surface area contributed by atoms with Crippen molar-refractivity contribution in [1.29, 1.82) is 0 Å². The fourth-order valence-electron chi connectivity index (χ4n) is 3.47. The molecule has 0 saturated heterocycles. The highest BCUT2D eigenvalue weighted by Crippen LogP contribution is 2.43. The second-order valence-corrected chi connectivity index (χ2v) is 8.15. The van der Waals surface area contributed by atoms with Gasteiger partial charge in [0.25, 0.3) is 0 Å². The van der Waals surface area contributed by atoms with E-state index in [0.717, 1.165) is 42.4 Å². The number of phenols is 2. The largest absolute Gasteiger partial charge is 0.507 e. The van der Waals surface area contributed by atoms with Gasteiger partial charge in [-0.05, 0) is 83.8 Å². The second-order valence-electron chi connectivity index (χ2n) is 7.77. The topological polar surface area (TPSA) is 57.5 Å². The number of allylic oxidation sites excluding steroid dienone is 5. The molecular weight excluding hydrogens is 372 g/mol. The van der Waals surface area contributed by atoms with E-state index in [-0.39, 0.29) is 17.3 Å². The number of rotatable bonds is 7. The molecular formula is C24H31ClO3. The molecule has 1 aliphatic carbocycles. The van der Waals surface area contributed by atoms with Crippen LogP contribution in [-0.4, -0.2) is 16.0 Å². The fraction of sp³-hybridized carbons (Fsp3) is 0.458. The Morgan fingerprint density at radius 1 is 1.07 bits per heavy atom. The van der Waals surface area contributed by atoms with Crippen LogP contribution in [0.1, 0.15) is 76.0 Å². The summed E-state index contributed by atoms with van der Waals surface area (Å²) in [7, 11) is 0. The van der Waals surface area contributed by atoms with E-state index in [9.17, 15) is 15.0 Å². The van der Waals surface area contributed by atoms with Crippen molar-refractivity contribution in [2.75, 3.05) is 0 Å². The molecule has 1 saturated carbocycles. The molecule has 0 aromatic heterocycles. The molecule has 0 unspecified atom stereocenters. The number of aromatic hydroxyl groups is 2. The van der Waals surface area contributed by atoms with E-state index in [0.29, 0.717) is 22.6 Å². The standard InChI is InChI=1S/C24H31ClO3/c1-15(8-7-9-16(2)18(4)26)12-13-20-23(27)21(14-19-10-5-6-11-19)17(3)22(25)24(20)28/h9,12,14,27-28H,5-8,10-11,13H2,1-4H3/b15-12+,16-9+. The van der Waals surface area contributed by atoms with Gasteiger partial charge in [-0.15, -0.1) is 0 Å². The minimum atomic E-state index is -0.0402. The summed E-state index contributed by atoms with van der Waals surface area (Å²) in [5.41, 5.74) is 5.14. The summed E-state index contributed by atoms with van der Waals surface area (Å²) in [6.07, 6.45) is 12.5. The second kappa shape index (κ2) is 9.97. The lowest BCUT2D eigenvalue weighted by atomic mass is 9.96. The lowest BCUT2D eigenvalue weighted by molar-refractivity contribution is -0.113. The maximum atomic E-state index is 11.3. The van der Waals surface area contributed by atoms with Gasteiger partial charge in [-0.2, -0.15) is 0 Å². The van der Waals surface area contributed by atoms with Crippen molar-refractivity contribution < 1.29 is 15.0 Å². The number of halogens is 1. The third kappa shape index (κ3) is 5.51. The van der Waals surface area contributed by atoms with Crippen LogP contribution in [0.3, 0.4) is 0 Å². The summed E-state index contributed by atoms with van der Waals surface area (Å²) < 4.78 is 0. The molecule has 1 aromatic carbocycles. The van der Waals surface area contributed by atoms with Gasteiger partial charge in [-0.3, -0.25) is 4.79 Å². The van der Waals surface area contributed by atoms with Crippen molar-refractivity contribution in [3.05, 3.63) is 50.6 Å². The van der Waals surface area contributed by atoms with Gasteiger partial charge in [-0.1, -0.05) is 41.0 Å². The molecule has 0 radical (unpaired) electrons. The maximum absolute atomic E-state index is 11.3. The highest BCUT2D eigenvalue weighted by molar-refractivity contribution is 6.33. The molecule has 1 aromatic rings. The van der Waals surface area contributed by atoms with Crippen LogP contribution in [0.2, 0.25) is 5.02 Å². The van der Waals surface area contributed by atoms with Crippen LogP contribution in [0.25, 0.3) is 6.08 Å². The van der Waals surface area contributed by atoms with E-state index < -0.39 is 0 Å². The van der Waals surface area contributed by atoms with E-state index in [1.807, 2.05) is 39.0 Å². The quantitative estimate of drug-likeness (QED) is 0.388. The van der Waals surface area contributed by atoms with E-state index in [4.69, 9.17) is 11.6 Å². The van der Waals surface area contributed by atoms with E-state index in [2.05, 4.69) is 0 Å². The van der Waals surface area contributed by atoms with Crippen molar-refractivity contribution in [3.63, 3.8) is 0 Å². The number of benzene rings is 1. The molecule has 0 atom stereocenters. The molecule has 0 aliphatic heterocycles. The molecule has 1 fully saturated rings. The number of hydrogen-bond acceptors (Lipinski definition) is 3. The highest BCUT2D eigenvalue weighted by atomic mass is 35.5. The summed E-state index contributed by atoms with van der Waals surface area (Å²) in [6.45, 7) is 7.24. The predicted octanol–water partition coefficient (Wildman–Crippen LogP) is 6.82.